The van der Waals surface area contributed by atoms with Crippen LogP contribution in [0.4, 0.5) is 11.4 Å². The van der Waals surface area contributed by atoms with Gasteiger partial charge in [-0.2, -0.15) is 0 Å². The Balaban J connectivity index is 1.83. The predicted molar refractivity (Wildman–Crippen MR) is 88.4 cm³/mol. The highest BCUT2D eigenvalue weighted by Gasteiger charge is 2.39. The Morgan fingerprint density at radius 1 is 0.857 bits per heavy atom. The zero-order valence-corrected chi connectivity index (χ0v) is 12.8. The molecule has 2 aliphatic heterocycles. The molecule has 0 saturated carbocycles. The standard InChI is InChI=1S/C19H20N2/c1-13-8-4-6-10-17(13)20-14(2)19-12-16-9-5-7-11-18(16)21(19)15(20)3/h4-11,15H,12H2,1-3H3. The number of para-hydroxylation sites is 2. The average Bonchev–Trinajstić information content (AvgIpc) is 2.98. The molecule has 0 bridgehead atoms. The van der Waals surface area contributed by atoms with Gasteiger partial charge in [-0.25, -0.2) is 0 Å². The minimum atomic E-state index is 0.338. The van der Waals surface area contributed by atoms with Gasteiger partial charge in [-0.05, 0) is 44.0 Å². The first kappa shape index (κ1) is 12.5. The van der Waals surface area contributed by atoms with Gasteiger partial charge in [-0.3, -0.25) is 0 Å². The van der Waals surface area contributed by atoms with Crippen molar-refractivity contribution < 1.29 is 0 Å². The fourth-order valence-electron chi connectivity index (χ4n) is 3.79. The van der Waals surface area contributed by atoms with Crippen molar-refractivity contribution in [3.8, 4) is 0 Å². The van der Waals surface area contributed by atoms with E-state index >= 15 is 0 Å². The molecule has 2 heteroatoms. The highest BCUT2D eigenvalue weighted by Crippen LogP contribution is 2.45. The molecule has 0 spiro atoms. The van der Waals surface area contributed by atoms with Gasteiger partial charge in [0, 0.05) is 29.2 Å². The van der Waals surface area contributed by atoms with Gasteiger partial charge in [0.15, 0.2) is 0 Å². The number of benzene rings is 2. The molecule has 2 aromatic rings. The van der Waals surface area contributed by atoms with Crippen molar-refractivity contribution in [3.05, 3.63) is 71.1 Å². The van der Waals surface area contributed by atoms with Crippen molar-refractivity contribution in [2.75, 3.05) is 9.80 Å². The zero-order chi connectivity index (χ0) is 14.6. The fraction of sp³-hybridized carbons (Fsp3) is 0.263. The maximum Gasteiger partial charge on any atom is 0.108 e. The Morgan fingerprint density at radius 3 is 2.29 bits per heavy atom. The van der Waals surface area contributed by atoms with Gasteiger partial charge in [0.05, 0.1) is 0 Å². The van der Waals surface area contributed by atoms with Gasteiger partial charge in [0.2, 0.25) is 0 Å². The lowest BCUT2D eigenvalue weighted by atomic mass is 10.1. The minimum Gasteiger partial charge on any atom is -0.322 e. The van der Waals surface area contributed by atoms with Crippen LogP contribution in [0.3, 0.4) is 0 Å². The second-order valence-corrected chi connectivity index (χ2v) is 6.00. The van der Waals surface area contributed by atoms with E-state index in [2.05, 4.69) is 79.1 Å². The normalized spacial score (nSPS) is 20.0. The van der Waals surface area contributed by atoms with E-state index in [4.69, 9.17) is 0 Å². The van der Waals surface area contributed by atoms with Gasteiger partial charge in [0.25, 0.3) is 0 Å². The summed E-state index contributed by atoms with van der Waals surface area (Å²) in [6.07, 6.45) is 1.39. The molecule has 2 heterocycles. The van der Waals surface area contributed by atoms with Crippen molar-refractivity contribution in [1.29, 1.82) is 0 Å². The van der Waals surface area contributed by atoms with E-state index < -0.39 is 0 Å². The molecule has 0 radical (unpaired) electrons. The largest absolute Gasteiger partial charge is 0.322 e. The van der Waals surface area contributed by atoms with E-state index in [9.17, 15) is 0 Å². The first-order chi connectivity index (χ1) is 10.2. The van der Waals surface area contributed by atoms with Gasteiger partial charge in [-0.15, -0.1) is 0 Å². The summed E-state index contributed by atoms with van der Waals surface area (Å²) in [7, 11) is 0. The lowest BCUT2D eigenvalue weighted by Crippen LogP contribution is -2.37. The quantitative estimate of drug-likeness (QED) is 0.759. The highest BCUT2D eigenvalue weighted by molar-refractivity contribution is 5.74. The Bertz CT molecular complexity index is 745. The van der Waals surface area contributed by atoms with Crippen molar-refractivity contribution in [1.82, 2.24) is 0 Å². The number of aryl methyl sites for hydroxylation is 1. The van der Waals surface area contributed by atoms with Crippen LogP contribution >= 0.6 is 0 Å². The molecule has 0 aliphatic carbocycles. The summed E-state index contributed by atoms with van der Waals surface area (Å²) in [5.74, 6) is 0. The van der Waals surface area contributed by atoms with Gasteiger partial charge in [0.1, 0.15) is 6.17 Å². The molecule has 0 N–H and O–H groups in total. The van der Waals surface area contributed by atoms with Crippen molar-refractivity contribution in [3.63, 3.8) is 0 Å². The fourth-order valence-corrected chi connectivity index (χ4v) is 3.79. The number of nitrogens with zero attached hydrogens (tertiary/aromatic N) is 2. The van der Waals surface area contributed by atoms with Crippen LogP contribution in [0.25, 0.3) is 0 Å². The third-order valence-corrected chi connectivity index (χ3v) is 4.80. The molecule has 1 atom stereocenters. The molecule has 0 aromatic heterocycles. The average molecular weight is 276 g/mol. The van der Waals surface area contributed by atoms with Gasteiger partial charge in [-0.1, -0.05) is 36.4 Å². The summed E-state index contributed by atoms with van der Waals surface area (Å²) in [6, 6.07) is 17.4. The number of rotatable bonds is 1. The third-order valence-electron chi connectivity index (χ3n) is 4.80. The van der Waals surface area contributed by atoms with E-state index in [0.717, 1.165) is 6.42 Å². The molecule has 2 nitrogen and oxygen atoms in total. The molecule has 21 heavy (non-hydrogen) atoms. The molecule has 0 saturated heterocycles. The van der Waals surface area contributed by atoms with Crippen LogP contribution in [-0.4, -0.2) is 6.17 Å². The maximum absolute atomic E-state index is 2.50. The lowest BCUT2D eigenvalue weighted by Gasteiger charge is -2.32. The van der Waals surface area contributed by atoms with E-state index in [1.165, 1.54) is 33.9 Å². The van der Waals surface area contributed by atoms with Crippen LogP contribution in [0.1, 0.15) is 25.0 Å². The Hall–Kier alpha value is -2.22. The number of fused-ring (bicyclic) bond motifs is 3. The topological polar surface area (TPSA) is 6.48 Å². The molecule has 0 fully saturated rings. The predicted octanol–water partition coefficient (Wildman–Crippen LogP) is 4.46. The molecule has 0 amide bonds. The van der Waals surface area contributed by atoms with Crippen LogP contribution in [0.2, 0.25) is 0 Å². The zero-order valence-electron chi connectivity index (χ0n) is 12.8. The Kier molecular flexibility index (Phi) is 2.61. The van der Waals surface area contributed by atoms with E-state index in [1.54, 1.807) is 0 Å². The number of hydrogen-bond acceptors (Lipinski definition) is 2. The molecule has 106 valence electrons. The first-order valence-corrected chi connectivity index (χ1v) is 7.60. The number of hydrogen-bond donors (Lipinski definition) is 0. The summed E-state index contributed by atoms with van der Waals surface area (Å²) < 4.78 is 0. The second kappa shape index (κ2) is 4.39. The van der Waals surface area contributed by atoms with Gasteiger partial charge >= 0.3 is 0 Å². The molecule has 1 unspecified atom stereocenters. The first-order valence-electron chi connectivity index (χ1n) is 7.60. The molecular formula is C19H20N2. The van der Waals surface area contributed by atoms with Crippen molar-refractivity contribution >= 4 is 11.4 Å². The summed E-state index contributed by atoms with van der Waals surface area (Å²) in [5, 5.41) is 0. The molecule has 2 aromatic carbocycles. The second-order valence-electron chi connectivity index (χ2n) is 6.00. The van der Waals surface area contributed by atoms with Crippen molar-refractivity contribution in [2.24, 2.45) is 0 Å². The minimum absolute atomic E-state index is 0.338. The summed E-state index contributed by atoms with van der Waals surface area (Å²) in [5.41, 5.74) is 8.30. The van der Waals surface area contributed by atoms with E-state index in [-0.39, 0.29) is 0 Å². The van der Waals surface area contributed by atoms with Crippen LogP contribution in [0, 0.1) is 6.92 Å². The summed E-state index contributed by atoms with van der Waals surface area (Å²) in [6.45, 7) is 6.74. The molecular weight excluding hydrogens is 256 g/mol. The maximum atomic E-state index is 2.50. The Morgan fingerprint density at radius 2 is 1.52 bits per heavy atom. The number of allylic oxidation sites excluding steroid dienone is 2. The summed E-state index contributed by atoms with van der Waals surface area (Å²) in [4.78, 5) is 4.97. The van der Waals surface area contributed by atoms with Crippen LogP contribution in [0.15, 0.2) is 59.9 Å². The monoisotopic (exact) mass is 276 g/mol. The van der Waals surface area contributed by atoms with Crippen LogP contribution in [-0.2, 0) is 6.42 Å². The molecule has 4 rings (SSSR count). The van der Waals surface area contributed by atoms with Crippen molar-refractivity contribution in [2.45, 2.75) is 33.4 Å². The van der Waals surface area contributed by atoms with E-state index in [1.807, 2.05) is 0 Å². The van der Waals surface area contributed by atoms with Crippen LogP contribution in [0.5, 0.6) is 0 Å². The highest BCUT2D eigenvalue weighted by atomic mass is 15.4. The van der Waals surface area contributed by atoms with E-state index in [0.29, 0.717) is 6.17 Å². The van der Waals surface area contributed by atoms with Gasteiger partial charge < -0.3 is 9.80 Å². The summed E-state index contributed by atoms with van der Waals surface area (Å²) >= 11 is 0. The Labute approximate surface area is 126 Å². The van der Waals surface area contributed by atoms with Crippen LogP contribution < -0.4 is 9.80 Å². The SMILES string of the molecule is CC1=C2Cc3ccccc3N2C(C)N1c1ccccc1C. The third kappa shape index (κ3) is 1.65. The molecule has 2 aliphatic rings. The smallest absolute Gasteiger partial charge is 0.108 e. The lowest BCUT2D eigenvalue weighted by molar-refractivity contribution is 0.732. The number of anilines is 2.